The lowest BCUT2D eigenvalue weighted by Gasteiger charge is -2.13. The number of hydrogen-bond donors (Lipinski definition) is 3. The molecule has 1 unspecified atom stereocenters. The van der Waals surface area contributed by atoms with Crippen LogP contribution in [0.2, 0.25) is 0 Å². The maximum atomic E-state index is 11.8. The summed E-state index contributed by atoms with van der Waals surface area (Å²) in [6, 6.07) is 7.48. The Hall–Kier alpha value is -2.04. The van der Waals surface area contributed by atoms with E-state index in [4.69, 9.17) is 5.73 Å². The van der Waals surface area contributed by atoms with E-state index in [1.165, 1.54) is 0 Å². The minimum atomic E-state index is -0.155. The molecule has 5 nitrogen and oxygen atoms in total. The van der Waals surface area contributed by atoms with Gasteiger partial charge in [-0.15, -0.1) is 0 Å². The molecule has 1 aromatic rings. The van der Waals surface area contributed by atoms with Crippen molar-refractivity contribution in [2.45, 2.75) is 33.1 Å². The molecular formula is C16H25N3O2. The number of nitrogens with two attached hydrogens (primary N) is 1. The Labute approximate surface area is 126 Å². The highest BCUT2D eigenvalue weighted by Crippen LogP contribution is 2.19. The minimum Gasteiger partial charge on any atom is -0.399 e. The van der Waals surface area contributed by atoms with E-state index in [0.29, 0.717) is 24.6 Å². The lowest BCUT2D eigenvalue weighted by molar-refractivity contribution is -0.126. The van der Waals surface area contributed by atoms with Crippen LogP contribution in [-0.2, 0) is 9.59 Å². The average Bonchev–Trinajstić information content (AvgIpc) is 2.43. The summed E-state index contributed by atoms with van der Waals surface area (Å²) in [5, 5.41) is 5.40. The van der Waals surface area contributed by atoms with Crippen molar-refractivity contribution in [2.75, 3.05) is 18.8 Å². The lowest BCUT2D eigenvalue weighted by atomic mass is 9.97. The predicted octanol–water partition coefficient (Wildman–Crippen LogP) is 1.65. The van der Waals surface area contributed by atoms with Crippen LogP contribution in [-0.4, -0.2) is 24.9 Å². The van der Waals surface area contributed by atoms with Gasteiger partial charge in [0.2, 0.25) is 11.8 Å². The van der Waals surface area contributed by atoms with Crippen LogP contribution in [0.25, 0.3) is 0 Å². The third kappa shape index (κ3) is 6.79. The number of carbonyl (C=O) groups is 2. The maximum absolute atomic E-state index is 11.8. The quantitative estimate of drug-likeness (QED) is 0.668. The van der Waals surface area contributed by atoms with Gasteiger partial charge in [0.15, 0.2) is 0 Å². The molecular weight excluding hydrogens is 266 g/mol. The normalized spacial score (nSPS) is 12.0. The zero-order valence-electron chi connectivity index (χ0n) is 13.0. The third-order valence-corrected chi connectivity index (χ3v) is 3.15. The predicted molar refractivity (Wildman–Crippen MR) is 84.7 cm³/mol. The molecule has 0 radical (unpaired) electrons. The summed E-state index contributed by atoms with van der Waals surface area (Å²) in [6.45, 7) is 6.67. The van der Waals surface area contributed by atoms with Gasteiger partial charge in [-0.1, -0.05) is 32.9 Å². The maximum Gasteiger partial charge on any atom is 0.239 e. The van der Waals surface area contributed by atoms with Gasteiger partial charge in [0.25, 0.3) is 0 Å². The van der Waals surface area contributed by atoms with Gasteiger partial charge in [-0.3, -0.25) is 9.59 Å². The summed E-state index contributed by atoms with van der Waals surface area (Å²) in [5.74, 6) is 0.204. The second-order valence-electron chi connectivity index (χ2n) is 5.75. The van der Waals surface area contributed by atoms with Crippen molar-refractivity contribution in [3.8, 4) is 0 Å². The molecule has 116 valence electrons. The largest absolute Gasteiger partial charge is 0.399 e. The highest BCUT2D eigenvalue weighted by Gasteiger charge is 2.12. The fraction of sp³-hybridized carbons (Fsp3) is 0.500. The Kier molecular flexibility index (Phi) is 6.72. The molecule has 1 rings (SSSR count). The van der Waals surface area contributed by atoms with E-state index in [1.54, 1.807) is 0 Å². The van der Waals surface area contributed by atoms with Crippen LogP contribution in [0.1, 0.15) is 38.7 Å². The lowest BCUT2D eigenvalue weighted by Crippen LogP contribution is -2.38. The van der Waals surface area contributed by atoms with Gasteiger partial charge < -0.3 is 16.4 Å². The van der Waals surface area contributed by atoms with Crippen molar-refractivity contribution in [3.05, 3.63) is 29.8 Å². The molecule has 0 aliphatic rings. The Morgan fingerprint density at radius 2 is 1.67 bits per heavy atom. The first kappa shape index (κ1) is 17.0. The molecule has 1 atom stereocenters. The van der Waals surface area contributed by atoms with Crippen LogP contribution in [0.3, 0.4) is 0 Å². The molecule has 0 fully saturated rings. The van der Waals surface area contributed by atoms with E-state index in [2.05, 4.69) is 10.6 Å². The Balaban J connectivity index is 2.33. The third-order valence-electron chi connectivity index (χ3n) is 3.15. The number of amides is 2. The van der Waals surface area contributed by atoms with Gasteiger partial charge in [0.1, 0.15) is 0 Å². The molecule has 2 amide bonds. The zero-order valence-corrected chi connectivity index (χ0v) is 13.0. The van der Waals surface area contributed by atoms with E-state index in [-0.39, 0.29) is 24.3 Å². The van der Waals surface area contributed by atoms with Crippen LogP contribution in [0.15, 0.2) is 24.3 Å². The topological polar surface area (TPSA) is 84.2 Å². The van der Waals surface area contributed by atoms with Gasteiger partial charge in [-0.25, -0.2) is 0 Å². The second kappa shape index (κ2) is 8.29. The van der Waals surface area contributed by atoms with Gasteiger partial charge >= 0.3 is 0 Å². The fourth-order valence-corrected chi connectivity index (χ4v) is 1.85. The highest BCUT2D eigenvalue weighted by atomic mass is 16.2. The summed E-state index contributed by atoms with van der Waals surface area (Å²) in [7, 11) is 0. The van der Waals surface area contributed by atoms with Crippen LogP contribution >= 0.6 is 0 Å². The molecule has 0 aliphatic carbocycles. The molecule has 0 aromatic heterocycles. The van der Waals surface area contributed by atoms with Crippen molar-refractivity contribution in [1.82, 2.24) is 10.6 Å². The molecule has 0 heterocycles. The van der Waals surface area contributed by atoms with E-state index >= 15 is 0 Å². The van der Waals surface area contributed by atoms with Gasteiger partial charge in [0, 0.05) is 18.7 Å². The molecule has 1 aromatic carbocycles. The van der Waals surface area contributed by atoms with Crippen molar-refractivity contribution in [1.29, 1.82) is 0 Å². The summed E-state index contributed by atoms with van der Waals surface area (Å²) in [4.78, 5) is 23.3. The molecule has 21 heavy (non-hydrogen) atoms. The highest BCUT2D eigenvalue weighted by molar-refractivity contribution is 5.84. The van der Waals surface area contributed by atoms with Gasteiger partial charge in [0.05, 0.1) is 6.54 Å². The van der Waals surface area contributed by atoms with Gasteiger partial charge in [-0.05, 0) is 29.5 Å². The Bertz CT molecular complexity index is 469. The van der Waals surface area contributed by atoms with E-state index < -0.39 is 0 Å². The number of nitrogen functional groups attached to an aromatic ring is 1. The number of anilines is 1. The molecule has 0 bridgehead atoms. The number of rotatable bonds is 7. The molecule has 0 aliphatic heterocycles. The second-order valence-corrected chi connectivity index (χ2v) is 5.75. The number of benzene rings is 1. The molecule has 5 heteroatoms. The average molecular weight is 291 g/mol. The van der Waals surface area contributed by atoms with Crippen molar-refractivity contribution >= 4 is 17.5 Å². The molecule has 0 spiro atoms. The standard InChI is InChI=1S/C16H25N3O2/c1-11(2)9-18-16(21)10-19-15(20)8-12(3)13-4-6-14(17)7-5-13/h4-7,11-12H,8-10,17H2,1-3H3,(H,18,21)(H,19,20). The number of hydrogen-bond acceptors (Lipinski definition) is 3. The monoisotopic (exact) mass is 291 g/mol. The summed E-state index contributed by atoms with van der Waals surface area (Å²) in [6.07, 6.45) is 0.349. The fourth-order valence-electron chi connectivity index (χ4n) is 1.85. The van der Waals surface area contributed by atoms with Crippen LogP contribution < -0.4 is 16.4 Å². The summed E-state index contributed by atoms with van der Waals surface area (Å²) >= 11 is 0. The van der Waals surface area contributed by atoms with Crippen molar-refractivity contribution in [2.24, 2.45) is 5.92 Å². The summed E-state index contributed by atoms with van der Waals surface area (Å²) in [5.41, 5.74) is 7.40. The first-order valence-electron chi connectivity index (χ1n) is 7.27. The minimum absolute atomic E-state index is 0.0278. The molecule has 4 N–H and O–H groups in total. The van der Waals surface area contributed by atoms with Crippen molar-refractivity contribution in [3.63, 3.8) is 0 Å². The Morgan fingerprint density at radius 1 is 1.05 bits per heavy atom. The van der Waals surface area contributed by atoms with Crippen LogP contribution in [0.5, 0.6) is 0 Å². The van der Waals surface area contributed by atoms with Crippen LogP contribution in [0.4, 0.5) is 5.69 Å². The Morgan fingerprint density at radius 3 is 2.24 bits per heavy atom. The SMILES string of the molecule is CC(C)CNC(=O)CNC(=O)CC(C)c1ccc(N)cc1. The smallest absolute Gasteiger partial charge is 0.239 e. The van der Waals surface area contributed by atoms with E-state index in [1.807, 2.05) is 45.0 Å². The van der Waals surface area contributed by atoms with E-state index in [0.717, 1.165) is 5.56 Å². The van der Waals surface area contributed by atoms with Crippen LogP contribution in [0, 0.1) is 5.92 Å². The number of nitrogens with one attached hydrogen (secondary N) is 2. The number of carbonyl (C=O) groups excluding carboxylic acids is 2. The summed E-state index contributed by atoms with van der Waals surface area (Å²) < 4.78 is 0. The molecule has 0 saturated heterocycles. The van der Waals surface area contributed by atoms with Crippen molar-refractivity contribution < 1.29 is 9.59 Å². The first-order valence-corrected chi connectivity index (χ1v) is 7.27. The first-order chi connectivity index (χ1) is 9.88. The zero-order chi connectivity index (χ0) is 15.8. The van der Waals surface area contributed by atoms with Gasteiger partial charge in [-0.2, -0.15) is 0 Å². The molecule has 0 saturated carbocycles. The van der Waals surface area contributed by atoms with E-state index in [9.17, 15) is 9.59 Å².